The average Bonchev–Trinajstić information content (AvgIpc) is 2.89. The van der Waals surface area contributed by atoms with Gasteiger partial charge in [-0.2, -0.15) is 0 Å². The molecule has 2 heterocycles. The topological polar surface area (TPSA) is 54.6 Å². The fraction of sp³-hybridized carbons (Fsp3) is 0.467. The minimum Gasteiger partial charge on any atom is -0.464 e. The molecule has 2 aromatic rings. The molecule has 3 rings (SSSR count). The predicted molar refractivity (Wildman–Crippen MR) is 72.9 cm³/mol. The highest BCUT2D eigenvalue weighted by Crippen LogP contribution is 2.24. The number of hydrogen-bond donors (Lipinski definition) is 2. The van der Waals surface area contributed by atoms with Crippen molar-refractivity contribution in [2.45, 2.75) is 24.9 Å². The summed E-state index contributed by atoms with van der Waals surface area (Å²) < 4.78 is 10.9. The van der Waals surface area contributed by atoms with Crippen molar-refractivity contribution in [3.05, 3.63) is 36.1 Å². The Bertz CT molecular complexity index is 543. The number of furan rings is 1. The van der Waals surface area contributed by atoms with E-state index in [1.54, 1.807) is 6.26 Å². The number of hydrogen-bond acceptors (Lipinski definition) is 4. The molecule has 0 amide bonds. The number of ether oxygens (including phenoxy) is 1. The molecular weight excluding hydrogens is 242 g/mol. The molecule has 0 saturated carbocycles. The van der Waals surface area contributed by atoms with Crippen LogP contribution in [0.2, 0.25) is 0 Å². The molecule has 1 aliphatic heterocycles. The van der Waals surface area contributed by atoms with Crippen LogP contribution in [-0.4, -0.2) is 30.5 Å². The molecule has 2 N–H and O–H groups in total. The molecule has 102 valence electrons. The van der Waals surface area contributed by atoms with Crippen LogP contribution in [0.15, 0.2) is 34.9 Å². The number of rotatable bonds is 4. The maximum atomic E-state index is 9.64. The molecule has 0 bridgehead atoms. The molecule has 0 unspecified atom stereocenters. The van der Waals surface area contributed by atoms with Gasteiger partial charge >= 0.3 is 0 Å². The zero-order valence-electron chi connectivity index (χ0n) is 10.9. The lowest BCUT2D eigenvalue weighted by molar-refractivity contribution is 0.0112. The van der Waals surface area contributed by atoms with Crippen molar-refractivity contribution >= 4 is 11.0 Å². The van der Waals surface area contributed by atoms with Gasteiger partial charge in [-0.15, -0.1) is 0 Å². The molecule has 4 heteroatoms. The monoisotopic (exact) mass is 261 g/mol. The van der Waals surface area contributed by atoms with Crippen molar-refractivity contribution in [3.8, 4) is 0 Å². The van der Waals surface area contributed by atoms with Gasteiger partial charge in [0.2, 0.25) is 0 Å². The highest BCUT2D eigenvalue weighted by Gasteiger charge is 2.31. The molecule has 1 aliphatic rings. The highest BCUT2D eigenvalue weighted by molar-refractivity contribution is 5.80. The molecular formula is C15H19NO3. The van der Waals surface area contributed by atoms with Crippen molar-refractivity contribution in [2.24, 2.45) is 0 Å². The number of benzene rings is 1. The lowest BCUT2D eigenvalue weighted by Gasteiger charge is -2.36. The van der Waals surface area contributed by atoms with Gasteiger partial charge in [0.15, 0.2) is 0 Å². The molecule has 19 heavy (non-hydrogen) atoms. The Morgan fingerprint density at radius 1 is 1.21 bits per heavy atom. The van der Waals surface area contributed by atoms with Gasteiger partial charge in [0.25, 0.3) is 0 Å². The van der Waals surface area contributed by atoms with E-state index in [0.717, 1.165) is 29.4 Å². The first-order valence-corrected chi connectivity index (χ1v) is 6.72. The number of para-hydroxylation sites is 1. The Labute approximate surface area is 112 Å². The Morgan fingerprint density at radius 3 is 2.79 bits per heavy atom. The second-order valence-electron chi connectivity index (χ2n) is 5.16. The first kappa shape index (κ1) is 12.7. The number of aliphatic hydroxyl groups excluding tert-OH is 1. The molecule has 0 radical (unpaired) electrons. The van der Waals surface area contributed by atoms with Crippen LogP contribution in [-0.2, 0) is 11.3 Å². The van der Waals surface area contributed by atoms with Crippen molar-refractivity contribution in [2.75, 3.05) is 19.8 Å². The maximum Gasteiger partial charge on any atom is 0.134 e. The third kappa shape index (κ3) is 2.52. The van der Waals surface area contributed by atoms with Gasteiger partial charge in [0, 0.05) is 36.2 Å². The molecule has 0 spiro atoms. The van der Waals surface area contributed by atoms with Crippen LogP contribution in [0, 0.1) is 0 Å². The number of aliphatic hydroxyl groups is 1. The van der Waals surface area contributed by atoms with E-state index >= 15 is 0 Å². The Morgan fingerprint density at radius 2 is 2.00 bits per heavy atom. The van der Waals surface area contributed by atoms with E-state index in [0.29, 0.717) is 19.8 Å². The van der Waals surface area contributed by atoms with E-state index in [4.69, 9.17) is 9.15 Å². The minimum absolute atomic E-state index is 0.145. The summed E-state index contributed by atoms with van der Waals surface area (Å²) in [5, 5.41) is 14.3. The molecule has 1 aromatic heterocycles. The molecule has 1 fully saturated rings. The van der Waals surface area contributed by atoms with Crippen LogP contribution in [0.5, 0.6) is 0 Å². The predicted octanol–water partition coefficient (Wildman–Crippen LogP) is 2.06. The van der Waals surface area contributed by atoms with Crippen LogP contribution >= 0.6 is 0 Å². The minimum atomic E-state index is -0.212. The summed E-state index contributed by atoms with van der Waals surface area (Å²) in [6.45, 7) is 2.27. The third-order valence-corrected chi connectivity index (χ3v) is 3.97. The highest BCUT2D eigenvalue weighted by atomic mass is 16.5. The van der Waals surface area contributed by atoms with E-state index in [2.05, 4.69) is 11.4 Å². The summed E-state index contributed by atoms with van der Waals surface area (Å²) in [5.41, 5.74) is 1.83. The molecule has 1 saturated heterocycles. The summed E-state index contributed by atoms with van der Waals surface area (Å²) in [4.78, 5) is 0. The Kier molecular flexibility index (Phi) is 3.55. The SMILES string of the molecule is OCC1(NCc2coc3ccccc23)CCOCC1. The summed E-state index contributed by atoms with van der Waals surface area (Å²) in [5.74, 6) is 0. The summed E-state index contributed by atoms with van der Waals surface area (Å²) >= 11 is 0. The van der Waals surface area contributed by atoms with Crippen LogP contribution in [0.4, 0.5) is 0 Å². The van der Waals surface area contributed by atoms with Gasteiger partial charge < -0.3 is 19.6 Å². The van der Waals surface area contributed by atoms with Crippen molar-refractivity contribution in [1.29, 1.82) is 0 Å². The van der Waals surface area contributed by atoms with E-state index in [-0.39, 0.29) is 12.1 Å². The summed E-state index contributed by atoms with van der Waals surface area (Å²) in [7, 11) is 0. The van der Waals surface area contributed by atoms with Crippen LogP contribution < -0.4 is 5.32 Å². The van der Waals surface area contributed by atoms with Crippen molar-refractivity contribution < 1.29 is 14.3 Å². The van der Waals surface area contributed by atoms with Gasteiger partial charge in [0.1, 0.15) is 5.58 Å². The Hall–Kier alpha value is -1.36. The number of fused-ring (bicyclic) bond motifs is 1. The summed E-state index contributed by atoms with van der Waals surface area (Å²) in [6.07, 6.45) is 3.49. The molecule has 0 atom stereocenters. The van der Waals surface area contributed by atoms with Crippen LogP contribution in [0.3, 0.4) is 0 Å². The lowest BCUT2D eigenvalue weighted by Crippen LogP contribution is -2.51. The Balaban J connectivity index is 1.74. The second-order valence-corrected chi connectivity index (χ2v) is 5.16. The van der Waals surface area contributed by atoms with E-state index in [9.17, 15) is 5.11 Å². The maximum absolute atomic E-state index is 9.64. The number of nitrogens with one attached hydrogen (secondary N) is 1. The zero-order valence-corrected chi connectivity index (χ0v) is 10.9. The van der Waals surface area contributed by atoms with E-state index < -0.39 is 0 Å². The van der Waals surface area contributed by atoms with E-state index in [1.807, 2.05) is 18.2 Å². The molecule has 1 aromatic carbocycles. The molecule has 0 aliphatic carbocycles. The molecule has 4 nitrogen and oxygen atoms in total. The van der Waals surface area contributed by atoms with E-state index in [1.165, 1.54) is 0 Å². The second kappa shape index (κ2) is 5.33. The van der Waals surface area contributed by atoms with Gasteiger partial charge in [-0.05, 0) is 18.9 Å². The lowest BCUT2D eigenvalue weighted by atomic mass is 9.90. The summed E-state index contributed by atoms with van der Waals surface area (Å²) in [6, 6.07) is 8.01. The first-order chi connectivity index (χ1) is 9.33. The quantitative estimate of drug-likeness (QED) is 0.884. The van der Waals surface area contributed by atoms with Crippen molar-refractivity contribution in [3.63, 3.8) is 0 Å². The van der Waals surface area contributed by atoms with Crippen LogP contribution in [0.25, 0.3) is 11.0 Å². The van der Waals surface area contributed by atoms with Crippen LogP contribution in [0.1, 0.15) is 18.4 Å². The third-order valence-electron chi connectivity index (χ3n) is 3.97. The van der Waals surface area contributed by atoms with Gasteiger partial charge in [-0.25, -0.2) is 0 Å². The zero-order chi connectivity index (χ0) is 13.1. The van der Waals surface area contributed by atoms with Crippen molar-refractivity contribution in [1.82, 2.24) is 5.32 Å². The van der Waals surface area contributed by atoms with Gasteiger partial charge in [0.05, 0.1) is 12.9 Å². The smallest absolute Gasteiger partial charge is 0.134 e. The first-order valence-electron chi connectivity index (χ1n) is 6.72. The average molecular weight is 261 g/mol. The van der Waals surface area contributed by atoms with Gasteiger partial charge in [-0.1, -0.05) is 18.2 Å². The van der Waals surface area contributed by atoms with Gasteiger partial charge in [-0.3, -0.25) is 0 Å². The fourth-order valence-corrected chi connectivity index (χ4v) is 2.61. The fourth-order valence-electron chi connectivity index (χ4n) is 2.61. The normalized spacial score (nSPS) is 18.8. The standard InChI is InChI=1S/C15H19NO3/c17-11-15(5-7-18-8-6-15)16-9-12-10-19-14-4-2-1-3-13(12)14/h1-4,10,16-17H,5-9,11H2. The largest absolute Gasteiger partial charge is 0.464 e.